The zero-order chi connectivity index (χ0) is 13.7. The SMILES string of the molecule is Cc1cc(C#CCCl)ccc1OC1CCC(C)CC1. The molecule has 0 saturated heterocycles. The molecule has 1 aromatic carbocycles. The fraction of sp³-hybridized carbons (Fsp3) is 0.529. The molecule has 0 bridgehead atoms. The van der Waals surface area contributed by atoms with Crippen LogP contribution < -0.4 is 4.74 Å². The van der Waals surface area contributed by atoms with Gasteiger partial charge in [0.2, 0.25) is 0 Å². The third kappa shape index (κ3) is 4.18. The second-order valence-corrected chi connectivity index (χ2v) is 5.68. The van der Waals surface area contributed by atoms with Gasteiger partial charge in [-0.15, -0.1) is 11.6 Å². The summed E-state index contributed by atoms with van der Waals surface area (Å²) < 4.78 is 6.12. The van der Waals surface area contributed by atoms with Gasteiger partial charge in [-0.3, -0.25) is 0 Å². The number of rotatable bonds is 2. The number of alkyl halides is 1. The van der Waals surface area contributed by atoms with E-state index in [0.29, 0.717) is 12.0 Å². The Labute approximate surface area is 121 Å². The third-order valence-corrected chi connectivity index (χ3v) is 3.86. The summed E-state index contributed by atoms with van der Waals surface area (Å²) in [4.78, 5) is 0. The minimum Gasteiger partial charge on any atom is -0.490 e. The Bertz CT molecular complexity index is 476. The number of halogens is 1. The van der Waals surface area contributed by atoms with E-state index < -0.39 is 0 Å². The van der Waals surface area contributed by atoms with E-state index in [9.17, 15) is 0 Å². The van der Waals surface area contributed by atoms with Crippen molar-refractivity contribution in [2.24, 2.45) is 5.92 Å². The van der Waals surface area contributed by atoms with E-state index in [4.69, 9.17) is 16.3 Å². The molecule has 0 radical (unpaired) electrons. The molecule has 1 fully saturated rings. The predicted octanol–water partition coefficient (Wildman–Crippen LogP) is 4.54. The Hall–Kier alpha value is -1.13. The first kappa shape index (κ1) is 14.3. The molecule has 1 nitrogen and oxygen atoms in total. The molecule has 0 aliphatic heterocycles. The van der Waals surface area contributed by atoms with Gasteiger partial charge in [-0.1, -0.05) is 18.8 Å². The summed E-state index contributed by atoms with van der Waals surface area (Å²) in [5, 5.41) is 0. The summed E-state index contributed by atoms with van der Waals surface area (Å²) in [6, 6.07) is 6.11. The molecule has 0 unspecified atom stereocenters. The van der Waals surface area contributed by atoms with Gasteiger partial charge in [-0.2, -0.15) is 0 Å². The summed E-state index contributed by atoms with van der Waals surface area (Å²) in [6.45, 7) is 4.40. The summed E-state index contributed by atoms with van der Waals surface area (Å²) in [7, 11) is 0. The predicted molar refractivity (Wildman–Crippen MR) is 80.8 cm³/mol. The lowest BCUT2D eigenvalue weighted by molar-refractivity contribution is 0.134. The van der Waals surface area contributed by atoms with Crippen LogP contribution in [0.2, 0.25) is 0 Å². The molecule has 19 heavy (non-hydrogen) atoms. The first-order chi connectivity index (χ1) is 9.19. The number of hydrogen-bond acceptors (Lipinski definition) is 1. The molecule has 0 N–H and O–H groups in total. The zero-order valence-corrected chi connectivity index (χ0v) is 12.5. The first-order valence-electron chi connectivity index (χ1n) is 7.01. The van der Waals surface area contributed by atoms with Gasteiger partial charge in [0.1, 0.15) is 5.75 Å². The highest BCUT2D eigenvalue weighted by Crippen LogP contribution is 2.28. The molecule has 2 rings (SSSR count). The van der Waals surface area contributed by atoms with Crippen molar-refractivity contribution in [1.82, 2.24) is 0 Å². The van der Waals surface area contributed by atoms with Crippen molar-refractivity contribution >= 4 is 11.6 Å². The average molecular weight is 277 g/mol. The maximum absolute atomic E-state index is 6.12. The largest absolute Gasteiger partial charge is 0.490 e. The van der Waals surface area contributed by atoms with Crippen LogP contribution in [0.5, 0.6) is 5.75 Å². The smallest absolute Gasteiger partial charge is 0.122 e. The summed E-state index contributed by atoms with van der Waals surface area (Å²) in [5.74, 6) is 8.13. The van der Waals surface area contributed by atoms with Gasteiger partial charge in [-0.25, -0.2) is 0 Å². The van der Waals surface area contributed by atoms with E-state index in [1.165, 1.54) is 25.7 Å². The van der Waals surface area contributed by atoms with Crippen LogP contribution in [0.25, 0.3) is 0 Å². The maximum atomic E-state index is 6.12. The molecule has 0 heterocycles. The van der Waals surface area contributed by atoms with Crippen LogP contribution in [-0.2, 0) is 0 Å². The molecule has 1 aromatic rings. The van der Waals surface area contributed by atoms with Crippen LogP contribution >= 0.6 is 11.6 Å². The van der Waals surface area contributed by atoms with Crippen molar-refractivity contribution in [3.05, 3.63) is 29.3 Å². The van der Waals surface area contributed by atoms with Crippen LogP contribution in [0.4, 0.5) is 0 Å². The highest BCUT2D eigenvalue weighted by molar-refractivity contribution is 6.19. The monoisotopic (exact) mass is 276 g/mol. The maximum Gasteiger partial charge on any atom is 0.122 e. The number of ether oxygens (including phenoxy) is 1. The van der Waals surface area contributed by atoms with Crippen LogP contribution in [0.15, 0.2) is 18.2 Å². The van der Waals surface area contributed by atoms with Gasteiger partial charge in [0.05, 0.1) is 12.0 Å². The normalized spacial score (nSPS) is 22.5. The molecule has 0 aromatic heterocycles. The summed E-state index contributed by atoms with van der Waals surface area (Å²) >= 11 is 5.56. The minimum absolute atomic E-state index is 0.373. The molecule has 0 atom stereocenters. The molecule has 1 saturated carbocycles. The van der Waals surface area contributed by atoms with Gasteiger partial charge in [0, 0.05) is 5.56 Å². The lowest BCUT2D eigenvalue weighted by Crippen LogP contribution is -2.23. The second-order valence-electron chi connectivity index (χ2n) is 5.42. The van der Waals surface area contributed by atoms with E-state index in [1.807, 2.05) is 12.1 Å². The fourth-order valence-corrected chi connectivity index (χ4v) is 2.59. The number of aryl methyl sites for hydroxylation is 1. The van der Waals surface area contributed by atoms with Gasteiger partial charge < -0.3 is 4.74 Å². The first-order valence-corrected chi connectivity index (χ1v) is 7.54. The third-order valence-electron chi connectivity index (χ3n) is 3.73. The Balaban J connectivity index is 2.01. The van der Waals surface area contributed by atoms with Crippen molar-refractivity contribution in [3.8, 4) is 17.6 Å². The molecular weight excluding hydrogens is 256 g/mol. The van der Waals surface area contributed by atoms with Crippen LogP contribution in [0.1, 0.15) is 43.7 Å². The van der Waals surface area contributed by atoms with Gasteiger partial charge in [0.25, 0.3) is 0 Å². The molecule has 0 amide bonds. The minimum atomic E-state index is 0.373. The van der Waals surface area contributed by atoms with Crippen molar-refractivity contribution in [3.63, 3.8) is 0 Å². The summed E-state index contributed by atoms with van der Waals surface area (Å²) in [6.07, 6.45) is 5.30. The Morgan fingerprint density at radius 1 is 1.26 bits per heavy atom. The average Bonchev–Trinajstić information content (AvgIpc) is 2.41. The van der Waals surface area contributed by atoms with Crippen LogP contribution in [-0.4, -0.2) is 12.0 Å². The second kappa shape index (κ2) is 6.87. The fourth-order valence-electron chi connectivity index (χ4n) is 2.52. The van der Waals surface area contributed by atoms with Crippen molar-refractivity contribution in [1.29, 1.82) is 0 Å². The lowest BCUT2D eigenvalue weighted by Gasteiger charge is -2.27. The molecular formula is C17H21ClO. The van der Waals surface area contributed by atoms with Crippen LogP contribution in [0.3, 0.4) is 0 Å². The zero-order valence-electron chi connectivity index (χ0n) is 11.7. The molecule has 1 aliphatic rings. The van der Waals surface area contributed by atoms with Gasteiger partial charge >= 0.3 is 0 Å². The van der Waals surface area contributed by atoms with Crippen molar-refractivity contribution in [2.45, 2.75) is 45.6 Å². The molecule has 1 aliphatic carbocycles. The standard InChI is InChI=1S/C17H21ClO/c1-13-5-8-16(9-6-13)19-17-10-7-15(4-3-11-18)12-14(17)2/h7,10,12-13,16H,5-6,8-9,11H2,1-2H3. The quantitative estimate of drug-likeness (QED) is 0.569. The Kier molecular flexibility index (Phi) is 5.16. The van der Waals surface area contributed by atoms with E-state index in [0.717, 1.165) is 22.8 Å². The van der Waals surface area contributed by atoms with Crippen LogP contribution in [0, 0.1) is 24.7 Å². The van der Waals surface area contributed by atoms with Crippen molar-refractivity contribution < 1.29 is 4.74 Å². The topological polar surface area (TPSA) is 9.23 Å². The van der Waals surface area contributed by atoms with Crippen molar-refractivity contribution in [2.75, 3.05) is 5.88 Å². The number of hydrogen-bond donors (Lipinski definition) is 0. The highest BCUT2D eigenvalue weighted by atomic mass is 35.5. The van der Waals surface area contributed by atoms with E-state index in [1.54, 1.807) is 0 Å². The lowest BCUT2D eigenvalue weighted by atomic mass is 9.89. The van der Waals surface area contributed by atoms with E-state index >= 15 is 0 Å². The Morgan fingerprint density at radius 2 is 2.00 bits per heavy atom. The molecule has 2 heteroatoms. The summed E-state index contributed by atoms with van der Waals surface area (Å²) in [5.41, 5.74) is 2.16. The Morgan fingerprint density at radius 3 is 2.63 bits per heavy atom. The molecule has 102 valence electrons. The highest BCUT2D eigenvalue weighted by Gasteiger charge is 2.19. The van der Waals surface area contributed by atoms with E-state index in [2.05, 4.69) is 31.8 Å². The van der Waals surface area contributed by atoms with E-state index in [-0.39, 0.29) is 0 Å². The molecule has 0 spiro atoms. The van der Waals surface area contributed by atoms with Gasteiger partial charge in [-0.05, 0) is 62.3 Å². The van der Waals surface area contributed by atoms with Gasteiger partial charge in [0.15, 0.2) is 0 Å². The number of benzene rings is 1.